The second kappa shape index (κ2) is 4.81. The average molecular weight is 241 g/mol. The molecule has 0 aliphatic heterocycles. The Morgan fingerprint density at radius 1 is 1.47 bits per heavy atom. The molecule has 1 unspecified atom stereocenters. The Hall–Kier alpha value is -0.800. The molecule has 0 aliphatic carbocycles. The van der Waals surface area contributed by atoms with E-state index in [4.69, 9.17) is 11.6 Å². The predicted molar refractivity (Wildman–Crippen MR) is 68.0 cm³/mol. The van der Waals surface area contributed by atoms with E-state index in [1.54, 1.807) is 0 Å². The lowest BCUT2D eigenvalue weighted by Crippen LogP contribution is -2.12. The highest BCUT2D eigenvalue weighted by Crippen LogP contribution is 2.27. The molecule has 0 saturated carbocycles. The first-order chi connectivity index (χ1) is 7.31. The standard InChI is InChI=1S/C11H13ClN2S/c1-2-8(12)7-13-11-9-5-3-4-6-10(9)14-15-11/h3-6,8,13H,2,7H2,1H3. The van der Waals surface area contributed by atoms with Crippen LogP contribution in [0.3, 0.4) is 0 Å². The van der Waals surface area contributed by atoms with E-state index in [1.807, 2.05) is 18.2 Å². The lowest BCUT2D eigenvalue weighted by Gasteiger charge is -2.07. The highest BCUT2D eigenvalue weighted by atomic mass is 35.5. The molecule has 1 aromatic heterocycles. The molecular formula is C11H13ClN2S. The van der Waals surface area contributed by atoms with E-state index >= 15 is 0 Å². The summed E-state index contributed by atoms with van der Waals surface area (Å²) < 4.78 is 4.36. The van der Waals surface area contributed by atoms with Gasteiger partial charge in [0.05, 0.1) is 10.9 Å². The predicted octanol–water partition coefficient (Wildman–Crippen LogP) is 3.73. The highest BCUT2D eigenvalue weighted by molar-refractivity contribution is 7.11. The summed E-state index contributed by atoms with van der Waals surface area (Å²) in [5.41, 5.74) is 1.05. The fourth-order valence-electron chi connectivity index (χ4n) is 1.36. The Morgan fingerprint density at radius 3 is 3.07 bits per heavy atom. The van der Waals surface area contributed by atoms with Gasteiger partial charge < -0.3 is 5.32 Å². The third-order valence-corrected chi connectivity index (χ3v) is 3.61. The van der Waals surface area contributed by atoms with Gasteiger partial charge in [-0.1, -0.05) is 19.1 Å². The first-order valence-electron chi connectivity index (χ1n) is 5.03. The van der Waals surface area contributed by atoms with Crippen LogP contribution >= 0.6 is 23.1 Å². The van der Waals surface area contributed by atoms with Crippen LogP contribution in [0.4, 0.5) is 5.00 Å². The fourth-order valence-corrected chi connectivity index (χ4v) is 2.21. The zero-order chi connectivity index (χ0) is 10.7. The molecule has 1 aromatic carbocycles. The Balaban J connectivity index is 2.14. The van der Waals surface area contributed by atoms with Crippen molar-refractivity contribution in [3.63, 3.8) is 0 Å². The molecule has 0 bridgehead atoms. The van der Waals surface area contributed by atoms with E-state index in [-0.39, 0.29) is 5.38 Å². The molecule has 80 valence electrons. The van der Waals surface area contributed by atoms with Crippen LogP contribution in [0, 0.1) is 0 Å². The van der Waals surface area contributed by atoms with Crippen LogP contribution in [-0.4, -0.2) is 16.3 Å². The number of fused-ring (bicyclic) bond motifs is 1. The number of nitrogens with zero attached hydrogens (tertiary/aromatic N) is 1. The number of aromatic nitrogens is 1. The van der Waals surface area contributed by atoms with Gasteiger partial charge in [0.15, 0.2) is 0 Å². The summed E-state index contributed by atoms with van der Waals surface area (Å²) in [5, 5.41) is 5.83. The maximum atomic E-state index is 6.06. The van der Waals surface area contributed by atoms with Crippen LogP contribution in [0.5, 0.6) is 0 Å². The Kier molecular flexibility index (Phi) is 3.44. The molecule has 2 rings (SSSR count). The summed E-state index contributed by atoms with van der Waals surface area (Å²) in [4.78, 5) is 0. The molecule has 0 amide bonds. The van der Waals surface area contributed by atoms with Crippen molar-refractivity contribution in [2.45, 2.75) is 18.7 Å². The monoisotopic (exact) mass is 240 g/mol. The third kappa shape index (κ3) is 2.41. The first-order valence-corrected chi connectivity index (χ1v) is 6.24. The largest absolute Gasteiger partial charge is 0.374 e. The van der Waals surface area contributed by atoms with Crippen molar-refractivity contribution >= 4 is 39.0 Å². The molecule has 0 aliphatic rings. The van der Waals surface area contributed by atoms with Gasteiger partial charge in [0.1, 0.15) is 5.00 Å². The molecule has 0 spiro atoms. The summed E-state index contributed by atoms with van der Waals surface area (Å²) in [5.74, 6) is 0. The molecule has 0 fully saturated rings. The van der Waals surface area contributed by atoms with E-state index in [0.717, 1.165) is 23.5 Å². The second-order valence-electron chi connectivity index (χ2n) is 3.42. The zero-order valence-electron chi connectivity index (χ0n) is 8.53. The van der Waals surface area contributed by atoms with E-state index in [0.29, 0.717) is 0 Å². The Labute approximate surface area is 98.4 Å². The number of halogens is 1. The summed E-state index contributed by atoms with van der Waals surface area (Å²) >= 11 is 7.55. The van der Waals surface area contributed by atoms with Gasteiger partial charge in [-0.05, 0) is 30.1 Å². The molecular weight excluding hydrogens is 228 g/mol. The topological polar surface area (TPSA) is 24.9 Å². The zero-order valence-corrected chi connectivity index (χ0v) is 10.1. The molecule has 1 atom stereocenters. The Morgan fingerprint density at radius 2 is 2.27 bits per heavy atom. The number of hydrogen-bond acceptors (Lipinski definition) is 3. The van der Waals surface area contributed by atoms with Crippen molar-refractivity contribution in [1.29, 1.82) is 0 Å². The molecule has 2 aromatic rings. The lowest BCUT2D eigenvalue weighted by molar-refractivity contribution is 0.846. The minimum Gasteiger partial charge on any atom is -0.374 e. The third-order valence-electron chi connectivity index (χ3n) is 2.31. The summed E-state index contributed by atoms with van der Waals surface area (Å²) in [6.07, 6.45) is 0.977. The molecule has 2 nitrogen and oxygen atoms in total. The van der Waals surface area contributed by atoms with Crippen LogP contribution in [-0.2, 0) is 0 Å². The highest BCUT2D eigenvalue weighted by Gasteiger charge is 2.06. The molecule has 1 N–H and O–H groups in total. The van der Waals surface area contributed by atoms with Gasteiger partial charge in [-0.2, -0.15) is 4.37 Å². The fraction of sp³-hybridized carbons (Fsp3) is 0.364. The first kappa shape index (κ1) is 10.7. The average Bonchev–Trinajstić information content (AvgIpc) is 2.69. The van der Waals surface area contributed by atoms with Crippen LogP contribution in [0.15, 0.2) is 24.3 Å². The van der Waals surface area contributed by atoms with Gasteiger partial charge in [0.25, 0.3) is 0 Å². The summed E-state index contributed by atoms with van der Waals surface area (Å²) in [6.45, 7) is 2.88. The van der Waals surface area contributed by atoms with Crippen molar-refractivity contribution < 1.29 is 0 Å². The number of nitrogens with one attached hydrogen (secondary N) is 1. The number of benzene rings is 1. The van der Waals surface area contributed by atoms with Gasteiger partial charge >= 0.3 is 0 Å². The normalized spacial score (nSPS) is 12.9. The van der Waals surface area contributed by atoms with Crippen LogP contribution in [0.1, 0.15) is 13.3 Å². The van der Waals surface area contributed by atoms with E-state index < -0.39 is 0 Å². The number of rotatable bonds is 4. The molecule has 15 heavy (non-hydrogen) atoms. The number of alkyl halides is 1. The van der Waals surface area contributed by atoms with Crippen molar-refractivity contribution in [2.75, 3.05) is 11.9 Å². The van der Waals surface area contributed by atoms with Crippen LogP contribution in [0.2, 0.25) is 0 Å². The van der Waals surface area contributed by atoms with E-state index in [2.05, 4.69) is 22.7 Å². The Bertz CT molecular complexity index is 441. The van der Waals surface area contributed by atoms with Crippen molar-refractivity contribution in [2.24, 2.45) is 0 Å². The SMILES string of the molecule is CCC(Cl)CNc1snc2ccccc12. The van der Waals surface area contributed by atoms with Gasteiger partial charge in [0, 0.05) is 11.9 Å². The quantitative estimate of drug-likeness (QED) is 0.824. The number of hydrogen-bond donors (Lipinski definition) is 1. The molecule has 0 radical (unpaired) electrons. The lowest BCUT2D eigenvalue weighted by atomic mass is 10.2. The molecule has 4 heteroatoms. The maximum Gasteiger partial charge on any atom is 0.117 e. The maximum absolute atomic E-state index is 6.06. The van der Waals surface area contributed by atoms with Crippen molar-refractivity contribution in [3.05, 3.63) is 24.3 Å². The van der Waals surface area contributed by atoms with E-state index in [1.165, 1.54) is 16.9 Å². The number of anilines is 1. The van der Waals surface area contributed by atoms with Gasteiger partial charge in [0.2, 0.25) is 0 Å². The van der Waals surface area contributed by atoms with Crippen LogP contribution in [0.25, 0.3) is 10.9 Å². The second-order valence-corrected chi connectivity index (χ2v) is 4.81. The summed E-state index contributed by atoms with van der Waals surface area (Å²) in [7, 11) is 0. The van der Waals surface area contributed by atoms with Crippen molar-refractivity contribution in [3.8, 4) is 0 Å². The van der Waals surface area contributed by atoms with Gasteiger partial charge in [-0.15, -0.1) is 11.6 Å². The minimum absolute atomic E-state index is 0.186. The van der Waals surface area contributed by atoms with Crippen LogP contribution < -0.4 is 5.32 Å². The van der Waals surface area contributed by atoms with E-state index in [9.17, 15) is 0 Å². The summed E-state index contributed by atoms with van der Waals surface area (Å²) in [6, 6.07) is 8.13. The van der Waals surface area contributed by atoms with Gasteiger partial charge in [-0.3, -0.25) is 0 Å². The molecule has 0 saturated heterocycles. The van der Waals surface area contributed by atoms with Crippen molar-refractivity contribution in [1.82, 2.24) is 4.37 Å². The molecule has 1 heterocycles. The minimum atomic E-state index is 0.186. The van der Waals surface area contributed by atoms with Gasteiger partial charge in [-0.25, -0.2) is 0 Å². The smallest absolute Gasteiger partial charge is 0.117 e.